The van der Waals surface area contributed by atoms with Crippen LogP contribution in [0.15, 0.2) is 47.3 Å². The topological polar surface area (TPSA) is 298 Å². The highest BCUT2D eigenvalue weighted by Crippen LogP contribution is 2.47. The lowest BCUT2D eigenvalue weighted by molar-refractivity contribution is -0.191. The molecular weight excluding hydrogens is 1020 g/mol. The Kier molecular flexibility index (Phi) is 18.6. The highest BCUT2D eigenvalue weighted by molar-refractivity contribution is 5.96. The summed E-state index contributed by atoms with van der Waals surface area (Å²) >= 11 is 0. The maximum atomic E-state index is 15.7. The lowest BCUT2D eigenvalue weighted by Crippen LogP contribution is -2.57. The summed E-state index contributed by atoms with van der Waals surface area (Å²) < 4.78 is 50.6. The van der Waals surface area contributed by atoms with Crippen molar-refractivity contribution in [3.63, 3.8) is 0 Å². The molecule has 0 bridgehead atoms. The molecule has 2 aromatic carbocycles. The van der Waals surface area contributed by atoms with Crippen molar-refractivity contribution in [3.05, 3.63) is 97.6 Å². The van der Waals surface area contributed by atoms with E-state index < -0.39 is 102 Å². The maximum absolute atomic E-state index is 15.7. The number of carbonyl (C=O) groups is 6. The van der Waals surface area contributed by atoms with Crippen LogP contribution in [0.2, 0.25) is 0 Å². The molecule has 1 saturated heterocycles. The van der Waals surface area contributed by atoms with Gasteiger partial charge in [-0.05, 0) is 73.3 Å². The number of nitrogens with one attached hydrogen (secondary N) is 3. The summed E-state index contributed by atoms with van der Waals surface area (Å²) in [5, 5.41) is 28.7. The molecule has 1 fully saturated rings. The lowest BCUT2D eigenvalue weighted by Gasteiger charge is -2.37. The highest BCUT2D eigenvalue weighted by atomic mass is 19.1. The molecule has 2 aromatic heterocycles. The zero-order valence-corrected chi connectivity index (χ0v) is 44.2. The molecule has 0 radical (unpaired) electrons. The van der Waals surface area contributed by atoms with Gasteiger partial charge in [-0.3, -0.25) is 19.2 Å². The smallest absolute Gasteiger partial charge is 0.407 e. The number of pyridine rings is 2. The molecule has 0 spiro atoms. The molecule has 0 unspecified atom stereocenters. The average molecular weight is 1090 g/mol. The number of nitrogens with zero attached hydrogens (tertiary/aromatic N) is 3. The number of aryl methyl sites for hydroxylation is 1. The van der Waals surface area contributed by atoms with Crippen molar-refractivity contribution in [3.8, 4) is 11.4 Å². The molecule has 4 aliphatic rings. The quantitative estimate of drug-likeness (QED) is 0.0224. The molecule has 7 N–H and O–H groups in total. The number of esters is 2. The number of aliphatic hydroxyl groups excluding tert-OH is 1. The first-order chi connectivity index (χ1) is 37.5. The van der Waals surface area contributed by atoms with E-state index in [0.29, 0.717) is 78.9 Å². The van der Waals surface area contributed by atoms with Crippen LogP contribution in [0.1, 0.15) is 104 Å². The standard InChI is InChI=1S/C55H68FN7O15/c1-5-55(78-52(70)47(30(2)3)61-49(67)41-12-9-17-62(41)51(69)40(26-44(65)66)58-43(64)15-18-73-20-22-75-23-21-74-19-16-57)36-24-42-48-34(27-63(42)50(68)35(36)29-76-53(55)71)46-38(60-54(72)77-28-32-10-7-6-8-11-32)14-13-33-31(4)37(56)25-39(59-48)45(33)46/h6-8,10-11,24-25,30,38,40-41,44,47,65-66H,5,9,12-23,26-29,57H2,1-4H3,(H,58,64)(H,60,72)(H,61,67)/t38-,40-,41-,47-,55-/m0/s1. The molecular formula is C55H68FN7O15. The van der Waals surface area contributed by atoms with Crippen LogP contribution in [0.5, 0.6) is 0 Å². The van der Waals surface area contributed by atoms with Crippen molar-refractivity contribution in [1.29, 1.82) is 0 Å². The van der Waals surface area contributed by atoms with E-state index in [4.69, 9.17) is 39.1 Å². The first kappa shape index (κ1) is 57.3. The molecule has 23 heteroatoms. The van der Waals surface area contributed by atoms with Gasteiger partial charge in [0.1, 0.15) is 37.2 Å². The zero-order chi connectivity index (χ0) is 55.8. The van der Waals surface area contributed by atoms with Crippen molar-refractivity contribution >= 4 is 46.7 Å². The van der Waals surface area contributed by atoms with Crippen LogP contribution in [-0.2, 0) is 84.2 Å². The highest BCUT2D eigenvalue weighted by Gasteiger charge is 2.52. The van der Waals surface area contributed by atoms with E-state index in [2.05, 4.69) is 16.0 Å². The average Bonchev–Trinajstić information content (AvgIpc) is 4.22. The van der Waals surface area contributed by atoms with Gasteiger partial charge in [-0.15, -0.1) is 0 Å². The van der Waals surface area contributed by atoms with Gasteiger partial charge in [-0.1, -0.05) is 51.1 Å². The predicted octanol–water partition coefficient (Wildman–Crippen LogP) is 2.71. The Morgan fingerprint density at radius 2 is 1.67 bits per heavy atom. The number of nitrogens with two attached hydrogens (primary N) is 1. The minimum atomic E-state index is -2.20. The molecule has 22 nitrogen and oxygen atoms in total. The number of hydrogen-bond donors (Lipinski definition) is 6. The first-order valence-electron chi connectivity index (χ1n) is 26.5. The number of cyclic esters (lactones) is 1. The summed E-state index contributed by atoms with van der Waals surface area (Å²) in [4.78, 5) is 104. The van der Waals surface area contributed by atoms with Crippen LogP contribution < -0.4 is 27.2 Å². The molecule has 78 heavy (non-hydrogen) atoms. The van der Waals surface area contributed by atoms with Crippen LogP contribution >= 0.6 is 0 Å². The van der Waals surface area contributed by atoms with Crippen LogP contribution in [0, 0.1) is 18.7 Å². The van der Waals surface area contributed by atoms with Crippen molar-refractivity contribution in [1.82, 2.24) is 30.4 Å². The second-order valence-electron chi connectivity index (χ2n) is 20.1. The number of ether oxygens (including phenoxy) is 6. The van der Waals surface area contributed by atoms with Gasteiger partial charge >= 0.3 is 18.0 Å². The van der Waals surface area contributed by atoms with E-state index in [-0.39, 0.29) is 75.6 Å². The second-order valence-corrected chi connectivity index (χ2v) is 20.1. The number of amides is 4. The van der Waals surface area contributed by atoms with E-state index in [0.717, 1.165) is 11.1 Å². The summed E-state index contributed by atoms with van der Waals surface area (Å²) in [6, 6.07) is 7.47. The Labute approximate surface area is 449 Å². The number of alkyl carbamates (subject to hydrolysis) is 1. The van der Waals surface area contributed by atoms with Crippen molar-refractivity contribution in [2.24, 2.45) is 11.7 Å². The SMILES string of the molecule is CC[C@@]1(OC(=O)[C@@H](NC(=O)[C@@H]2CCCN2C(=O)[C@H](CC(O)O)NC(=O)CCOCCOCCOCCN)C(C)C)C(=O)OCc2c1cc1n(c2=O)Cc2c-1nc1cc(F)c(C)c3c1c2[C@@H](NC(=O)OCc1ccccc1)CC3. The fraction of sp³-hybridized carbons (Fsp3) is 0.527. The van der Waals surface area contributed by atoms with Crippen LogP contribution in [-0.4, -0.2) is 138 Å². The summed E-state index contributed by atoms with van der Waals surface area (Å²) in [5.74, 6) is -5.24. The molecule has 1 aliphatic carbocycles. The maximum Gasteiger partial charge on any atom is 0.407 e. The predicted molar refractivity (Wildman–Crippen MR) is 276 cm³/mol. The van der Waals surface area contributed by atoms with Gasteiger partial charge in [-0.2, -0.15) is 0 Å². The number of aliphatic hydroxyl groups is 2. The van der Waals surface area contributed by atoms with Crippen molar-refractivity contribution < 1.29 is 71.8 Å². The fourth-order valence-corrected chi connectivity index (χ4v) is 10.7. The number of halogens is 1. The Morgan fingerprint density at radius 1 is 0.949 bits per heavy atom. The molecule has 4 amide bonds. The van der Waals surface area contributed by atoms with Gasteiger partial charge in [0, 0.05) is 48.5 Å². The minimum absolute atomic E-state index is 0.00400. The Balaban J connectivity index is 1.00. The van der Waals surface area contributed by atoms with E-state index >= 15 is 4.39 Å². The van der Waals surface area contributed by atoms with Gasteiger partial charge in [0.05, 0.1) is 74.7 Å². The largest absolute Gasteiger partial charge is 0.457 e. The second kappa shape index (κ2) is 25.3. The number of likely N-dealkylation sites (tertiary alicyclic amines) is 1. The summed E-state index contributed by atoms with van der Waals surface area (Å²) in [5.41, 5.74) is 6.80. The van der Waals surface area contributed by atoms with E-state index in [1.807, 2.05) is 30.3 Å². The van der Waals surface area contributed by atoms with E-state index in [1.165, 1.54) is 15.5 Å². The number of hydrogen-bond acceptors (Lipinski definition) is 17. The third-order valence-electron chi connectivity index (χ3n) is 14.7. The Hall–Kier alpha value is -6.89. The van der Waals surface area contributed by atoms with Gasteiger partial charge in [0.2, 0.25) is 23.3 Å². The summed E-state index contributed by atoms with van der Waals surface area (Å²) in [7, 11) is 0. The molecule has 8 rings (SSSR count). The normalized spacial score (nSPS) is 18.9. The molecule has 5 atom stereocenters. The van der Waals surface area contributed by atoms with E-state index in [9.17, 15) is 43.8 Å². The van der Waals surface area contributed by atoms with Crippen LogP contribution in [0.4, 0.5) is 9.18 Å². The van der Waals surface area contributed by atoms with Crippen LogP contribution in [0.3, 0.4) is 0 Å². The van der Waals surface area contributed by atoms with Gasteiger partial charge in [0.15, 0.2) is 6.29 Å². The lowest BCUT2D eigenvalue weighted by atomic mass is 9.81. The molecule has 4 aromatic rings. The number of aromatic nitrogens is 2. The van der Waals surface area contributed by atoms with Gasteiger partial charge in [-0.25, -0.2) is 23.8 Å². The Bertz CT molecular complexity index is 2970. The Morgan fingerprint density at radius 3 is 2.36 bits per heavy atom. The third kappa shape index (κ3) is 12.2. The fourth-order valence-electron chi connectivity index (χ4n) is 10.7. The first-order valence-corrected chi connectivity index (χ1v) is 26.5. The zero-order valence-electron chi connectivity index (χ0n) is 44.2. The summed E-state index contributed by atoms with van der Waals surface area (Å²) in [6.45, 7) is 8.14. The molecule has 420 valence electrons. The monoisotopic (exact) mass is 1090 g/mol. The van der Waals surface area contributed by atoms with Crippen molar-refractivity contribution in [2.45, 2.75) is 128 Å². The van der Waals surface area contributed by atoms with Crippen molar-refractivity contribution in [2.75, 3.05) is 52.7 Å². The third-order valence-corrected chi connectivity index (χ3v) is 14.7. The van der Waals surface area contributed by atoms with E-state index in [1.54, 1.807) is 33.8 Å². The minimum Gasteiger partial charge on any atom is -0.457 e. The molecule has 0 saturated carbocycles. The number of rotatable bonds is 24. The van der Waals surface area contributed by atoms with Gasteiger partial charge in [0.25, 0.3) is 5.56 Å². The number of carbonyl (C=O) groups excluding carboxylic acids is 6. The van der Waals surface area contributed by atoms with Crippen LogP contribution in [0.25, 0.3) is 22.3 Å². The molecule has 5 heterocycles. The molecule has 3 aliphatic heterocycles. The van der Waals surface area contributed by atoms with Gasteiger partial charge < -0.3 is 69.8 Å². The number of benzene rings is 2. The number of fused-ring (bicyclic) bond motifs is 5. The summed E-state index contributed by atoms with van der Waals surface area (Å²) in [6.07, 6.45) is -2.27.